The van der Waals surface area contributed by atoms with Crippen LogP contribution in [0.1, 0.15) is 31.2 Å². The fourth-order valence-corrected chi connectivity index (χ4v) is 2.91. The number of halogens is 1. The van der Waals surface area contributed by atoms with Crippen LogP contribution in [0.5, 0.6) is 11.5 Å². The van der Waals surface area contributed by atoms with Gasteiger partial charge in [0.1, 0.15) is 5.75 Å². The van der Waals surface area contributed by atoms with Crippen molar-refractivity contribution in [3.05, 3.63) is 23.5 Å². The maximum atomic E-state index is 13.9. The minimum atomic E-state index is -0.354. The molecule has 0 atom stereocenters. The highest BCUT2D eigenvalue weighted by Gasteiger charge is 2.37. The Morgan fingerprint density at radius 1 is 1.17 bits per heavy atom. The van der Waals surface area contributed by atoms with Gasteiger partial charge in [-0.3, -0.25) is 0 Å². The van der Waals surface area contributed by atoms with Crippen molar-refractivity contribution in [2.45, 2.75) is 31.1 Å². The fraction of sp³-hybridized carbons (Fsp3) is 0.571. The standard InChI is InChI=1S/C14H20FNO2/c1-17-12-8-13(18-2)11(15)7-10(12)14(9-16)5-3-4-6-14/h7-8H,3-6,9,16H2,1-2H3. The molecule has 1 fully saturated rings. The Morgan fingerprint density at radius 3 is 2.28 bits per heavy atom. The van der Waals surface area contributed by atoms with Gasteiger partial charge in [0.05, 0.1) is 14.2 Å². The molecule has 0 unspecified atom stereocenters. The lowest BCUT2D eigenvalue weighted by atomic mass is 9.78. The van der Waals surface area contributed by atoms with E-state index < -0.39 is 0 Å². The van der Waals surface area contributed by atoms with Gasteiger partial charge in [-0.15, -0.1) is 0 Å². The Labute approximate surface area is 107 Å². The molecule has 4 heteroatoms. The summed E-state index contributed by atoms with van der Waals surface area (Å²) in [4.78, 5) is 0. The summed E-state index contributed by atoms with van der Waals surface area (Å²) in [7, 11) is 3.04. The minimum absolute atomic E-state index is 0.140. The lowest BCUT2D eigenvalue weighted by molar-refractivity contribution is 0.355. The van der Waals surface area contributed by atoms with Gasteiger partial charge in [0.15, 0.2) is 11.6 Å². The molecule has 2 rings (SSSR count). The van der Waals surface area contributed by atoms with Crippen molar-refractivity contribution >= 4 is 0 Å². The van der Waals surface area contributed by atoms with Crippen molar-refractivity contribution in [3.63, 3.8) is 0 Å². The topological polar surface area (TPSA) is 44.5 Å². The summed E-state index contributed by atoms with van der Waals surface area (Å²) in [6, 6.07) is 3.14. The van der Waals surface area contributed by atoms with Crippen LogP contribution in [0, 0.1) is 5.82 Å². The number of hydrogen-bond donors (Lipinski definition) is 1. The van der Waals surface area contributed by atoms with Crippen molar-refractivity contribution in [2.24, 2.45) is 5.73 Å². The van der Waals surface area contributed by atoms with Crippen molar-refractivity contribution in [3.8, 4) is 11.5 Å². The van der Waals surface area contributed by atoms with Crippen LogP contribution in [-0.4, -0.2) is 20.8 Å². The first-order valence-corrected chi connectivity index (χ1v) is 6.29. The summed E-state index contributed by atoms with van der Waals surface area (Å²) in [6.07, 6.45) is 4.25. The van der Waals surface area contributed by atoms with E-state index in [2.05, 4.69) is 0 Å². The van der Waals surface area contributed by atoms with Crippen LogP contribution in [-0.2, 0) is 5.41 Å². The van der Waals surface area contributed by atoms with E-state index in [-0.39, 0.29) is 17.0 Å². The maximum absolute atomic E-state index is 13.9. The monoisotopic (exact) mass is 253 g/mol. The smallest absolute Gasteiger partial charge is 0.165 e. The molecule has 1 aromatic rings. The SMILES string of the molecule is COc1cc(OC)c(C2(CN)CCCC2)cc1F. The fourth-order valence-electron chi connectivity index (χ4n) is 2.91. The van der Waals surface area contributed by atoms with Crippen LogP contribution >= 0.6 is 0 Å². The van der Waals surface area contributed by atoms with Gasteiger partial charge in [0, 0.05) is 23.6 Å². The number of hydrogen-bond acceptors (Lipinski definition) is 3. The molecule has 0 radical (unpaired) electrons. The average Bonchev–Trinajstić information content (AvgIpc) is 2.88. The average molecular weight is 253 g/mol. The Morgan fingerprint density at radius 2 is 1.78 bits per heavy atom. The zero-order valence-corrected chi connectivity index (χ0v) is 11.0. The molecule has 0 aliphatic heterocycles. The second-order valence-electron chi connectivity index (χ2n) is 4.88. The summed E-state index contributed by atoms with van der Waals surface area (Å²) >= 11 is 0. The van der Waals surface area contributed by atoms with Gasteiger partial charge in [-0.05, 0) is 18.9 Å². The van der Waals surface area contributed by atoms with Crippen molar-refractivity contribution in [1.82, 2.24) is 0 Å². The Kier molecular flexibility index (Phi) is 3.76. The molecule has 1 saturated carbocycles. The highest BCUT2D eigenvalue weighted by atomic mass is 19.1. The summed E-state index contributed by atoms with van der Waals surface area (Å²) in [6.45, 7) is 0.523. The summed E-state index contributed by atoms with van der Waals surface area (Å²) in [5.74, 6) is 0.523. The van der Waals surface area contributed by atoms with Gasteiger partial charge in [0.2, 0.25) is 0 Å². The van der Waals surface area contributed by atoms with E-state index in [1.807, 2.05) is 0 Å². The van der Waals surface area contributed by atoms with E-state index in [4.69, 9.17) is 15.2 Å². The first-order valence-electron chi connectivity index (χ1n) is 6.29. The first kappa shape index (κ1) is 13.1. The van der Waals surface area contributed by atoms with Crippen LogP contribution in [0.25, 0.3) is 0 Å². The Bertz CT molecular complexity index is 428. The van der Waals surface area contributed by atoms with Crippen LogP contribution in [0.2, 0.25) is 0 Å². The van der Waals surface area contributed by atoms with E-state index in [1.165, 1.54) is 13.2 Å². The van der Waals surface area contributed by atoms with E-state index in [0.717, 1.165) is 31.2 Å². The summed E-state index contributed by atoms with van der Waals surface area (Å²) in [5, 5.41) is 0. The van der Waals surface area contributed by atoms with E-state index in [9.17, 15) is 4.39 Å². The van der Waals surface area contributed by atoms with Crippen molar-refractivity contribution < 1.29 is 13.9 Å². The largest absolute Gasteiger partial charge is 0.496 e. The second kappa shape index (κ2) is 5.14. The van der Waals surface area contributed by atoms with Gasteiger partial charge in [-0.25, -0.2) is 4.39 Å². The zero-order valence-electron chi connectivity index (χ0n) is 11.0. The molecule has 0 aromatic heterocycles. The second-order valence-corrected chi connectivity index (χ2v) is 4.88. The number of nitrogens with two attached hydrogens (primary N) is 1. The van der Waals surface area contributed by atoms with Crippen LogP contribution in [0.3, 0.4) is 0 Å². The summed E-state index contributed by atoms with van der Waals surface area (Å²) < 4.78 is 24.3. The van der Waals surface area contributed by atoms with Crippen molar-refractivity contribution in [1.29, 1.82) is 0 Å². The highest BCUT2D eigenvalue weighted by molar-refractivity contribution is 5.46. The molecule has 18 heavy (non-hydrogen) atoms. The lowest BCUT2D eigenvalue weighted by Crippen LogP contribution is -2.32. The number of benzene rings is 1. The minimum Gasteiger partial charge on any atom is -0.496 e. The molecule has 0 bridgehead atoms. The molecule has 1 aromatic carbocycles. The molecular weight excluding hydrogens is 233 g/mol. The van der Waals surface area contributed by atoms with Gasteiger partial charge in [-0.1, -0.05) is 12.8 Å². The molecule has 0 amide bonds. The Balaban J connectivity index is 2.52. The van der Waals surface area contributed by atoms with Crippen LogP contribution in [0.4, 0.5) is 4.39 Å². The molecule has 1 aliphatic carbocycles. The maximum Gasteiger partial charge on any atom is 0.165 e. The van der Waals surface area contributed by atoms with E-state index >= 15 is 0 Å². The van der Waals surface area contributed by atoms with Gasteiger partial charge < -0.3 is 15.2 Å². The van der Waals surface area contributed by atoms with Crippen LogP contribution < -0.4 is 15.2 Å². The third kappa shape index (κ3) is 2.05. The molecule has 100 valence electrons. The van der Waals surface area contributed by atoms with Crippen molar-refractivity contribution in [2.75, 3.05) is 20.8 Å². The number of ether oxygens (including phenoxy) is 2. The predicted octanol–water partition coefficient (Wildman–Crippen LogP) is 2.61. The Hall–Kier alpha value is -1.29. The van der Waals surface area contributed by atoms with E-state index in [1.54, 1.807) is 13.2 Å². The summed E-state index contributed by atoms with van der Waals surface area (Å²) in [5.41, 5.74) is 6.67. The molecule has 0 spiro atoms. The number of rotatable bonds is 4. The van der Waals surface area contributed by atoms with Gasteiger partial charge in [0.25, 0.3) is 0 Å². The zero-order chi connectivity index (χ0) is 13.2. The molecule has 0 saturated heterocycles. The molecule has 1 aliphatic rings. The van der Waals surface area contributed by atoms with Gasteiger partial charge in [-0.2, -0.15) is 0 Å². The van der Waals surface area contributed by atoms with Gasteiger partial charge >= 0.3 is 0 Å². The molecule has 0 heterocycles. The molecular formula is C14H20FNO2. The quantitative estimate of drug-likeness (QED) is 0.897. The number of methoxy groups -OCH3 is 2. The predicted molar refractivity (Wildman–Crippen MR) is 68.7 cm³/mol. The normalized spacial score (nSPS) is 17.8. The molecule has 2 N–H and O–H groups in total. The third-order valence-electron chi connectivity index (χ3n) is 4.00. The first-order chi connectivity index (χ1) is 8.66. The van der Waals surface area contributed by atoms with Crippen LogP contribution in [0.15, 0.2) is 12.1 Å². The van der Waals surface area contributed by atoms with E-state index in [0.29, 0.717) is 12.3 Å². The highest BCUT2D eigenvalue weighted by Crippen LogP contribution is 2.45. The third-order valence-corrected chi connectivity index (χ3v) is 4.00. The molecule has 3 nitrogen and oxygen atoms in total. The lowest BCUT2D eigenvalue weighted by Gasteiger charge is -2.29.